The van der Waals surface area contributed by atoms with E-state index in [0.29, 0.717) is 50.9 Å². The van der Waals surface area contributed by atoms with Gasteiger partial charge in [0.2, 0.25) is 11.9 Å². The van der Waals surface area contributed by atoms with Crippen LogP contribution in [0, 0.1) is 0 Å². The van der Waals surface area contributed by atoms with Crippen molar-refractivity contribution in [3.05, 3.63) is 59.5 Å². The maximum absolute atomic E-state index is 11.9. The number of carbonyl (C=O) groups excluding carboxylic acids is 1. The van der Waals surface area contributed by atoms with Crippen LogP contribution in [0.3, 0.4) is 0 Å². The van der Waals surface area contributed by atoms with Gasteiger partial charge in [-0.3, -0.25) is 14.8 Å². The molecule has 4 aromatic rings. The molecule has 2 aromatic heterocycles. The molecule has 4 N–H and O–H groups in total. The van der Waals surface area contributed by atoms with Crippen molar-refractivity contribution in [1.82, 2.24) is 25.3 Å². The lowest BCUT2D eigenvalue weighted by molar-refractivity contribution is -0.114. The number of fused-ring (bicyclic) bond motifs is 1. The molecule has 0 atom stereocenters. The Morgan fingerprint density at radius 3 is 2.62 bits per heavy atom. The molecule has 1 aliphatic heterocycles. The van der Waals surface area contributed by atoms with E-state index in [1.165, 1.54) is 18.7 Å². The number of piperidine rings is 1. The molecule has 0 saturated carbocycles. The summed E-state index contributed by atoms with van der Waals surface area (Å²) in [5.41, 5.74) is 4.25. The van der Waals surface area contributed by atoms with Gasteiger partial charge < -0.3 is 26.0 Å². The molecule has 1 saturated heterocycles. The highest BCUT2D eigenvalue weighted by Gasteiger charge is 2.18. The van der Waals surface area contributed by atoms with E-state index in [1.807, 2.05) is 6.07 Å². The third-order valence-electron chi connectivity index (χ3n) is 6.22. The summed E-state index contributed by atoms with van der Waals surface area (Å²) in [5.74, 6) is 1.68. The number of ether oxygens (including phenoxy) is 1. The quantitative estimate of drug-likeness (QED) is 0.267. The van der Waals surface area contributed by atoms with E-state index < -0.39 is 0 Å². The van der Waals surface area contributed by atoms with E-state index in [9.17, 15) is 4.79 Å². The average Bonchev–Trinajstić information content (AvgIpc) is 2.92. The van der Waals surface area contributed by atoms with E-state index in [0.717, 1.165) is 31.6 Å². The molecule has 0 bridgehead atoms. The first-order valence-corrected chi connectivity index (χ1v) is 12.4. The van der Waals surface area contributed by atoms with Crippen LogP contribution < -0.4 is 26.0 Å². The molecular formula is C26H27ClN8O2. The Labute approximate surface area is 219 Å². The van der Waals surface area contributed by atoms with Crippen LogP contribution in [-0.4, -0.2) is 46.0 Å². The van der Waals surface area contributed by atoms with Crippen molar-refractivity contribution >= 4 is 57.4 Å². The highest BCUT2D eigenvalue weighted by atomic mass is 35.5. The summed E-state index contributed by atoms with van der Waals surface area (Å²) in [5, 5.41) is 13.0. The van der Waals surface area contributed by atoms with Gasteiger partial charge in [0.25, 0.3) is 0 Å². The number of nitrogens with one attached hydrogen (secondary N) is 4. The fourth-order valence-corrected chi connectivity index (χ4v) is 4.56. The molecular weight excluding hydrogens is 492 g/mol. The SMILES string of the molecule is COc1cc(C2CCNCC2)ccc1Nc1ncc(Cl)c(Nc2ccc3nccnc3c2NC(C)=O)n1. The molecule has 11 heteroatoms. The third-order valence-corrected chi connectivity index (χ3v) is 6.50. The van der Waals surface area contributed by atoms with Gasteiger partial charge in [0.15, 0.2) is 5.82 Å². The zero-order valence-corrected chi connectivity index (χ0v) is 21.3. The van der Waals surface area contributed by atoms with Gasteiger partial charge in [-0.15, -0.1) is 0 Å². The smallest absolute Gasteiger partial charge is 0.229 e. The van der Waals surface area contributed by atoms with Crippen LogP contribution in [-0.2, 0) is 4.79 Å². The minimum absolute atomic E-state index is 0.239. The molecule has 1 fully saturated rings. The summed E-state index contributed by atoms with van der Waals surface area (Å²) in [4.78, 5) is 29.5. The minimum Gasteiger partial charge on any atom is -0.495 e. The first-order valence-electron chi connectivity index (χ1n) is 12.0. The average molecular weight is 519 g/mol. The first kappa shape index (κ1) is 24.7. The normalized spacial score (nSPS) is 13.8. The summed E-state index contributed by atoms with van der Waals surface area (Å²) < 4.78 is 5.66. The van der Waals surface area contributed by atoms with Crippen molar-refractivity contribution in [3.63, 3.8) is 0 Å². The maximum Gasteiger partial charge on any atom is 0.229 e. The molecule has 0 radical (unpaired) electrons. The Bertz CT molecular complexity index is 1440. The highest BCUT2D eigenvalue weighted by molar-refractivity contribution is 6.33. The minimum atomic E-state index is -0.239. The largest absolute Gasteiger partial charge is 0.495 e. The molecule has 1 amide bonds. The molecule has 37 heavy (non-hydrogen) atoms. The van der Waals surface area contributed by atoms with Gasteiger partial charge in [0.05, 0.1) is 35.9 Å². The van der Waals surface area contributed by atoms with Gasteiger partial charge in [-0.2, -0.15) is 4.98 Å². The van der Waals surface area contributed by atoms with Crippen LogP contribution in [0.1, 0.15) is 31.2 Å². The van der Waals surface area contributed by atoms with E-state index >= 15 is 0 Å². The number of hydrogen-bond acceptors (Lipinski definition) is 9. The molecule has 3 heterocycles. The number of methoxy groups -OCH3 is 1. The van der Waals surface area contributed by atoms with Crippen molar-refractivity contribution in [3.8, 4) is 5.75 Å². The van der Waals surface area contributed by atoms with Crippen molar-refractivity contribution in [2.24, 2.45) is 0 Å². The first-order chi connectivity index (χ1) is 18.0. The summed E-state index contributed by atoms with van der Waals surface area (Å²) in [7, 11) is 1.65. The standard InChI is InChI=1S/C26H27ClN8O2/c1-15(36)32-24-21(6-5-20-23(24)30-12-11-29-20)33-25-18(27)14-31-26(35-25)34-19-4-3-17(13-22(19)37-2)16-7-9-28-10-8-16/h3-6,11-14,16,28H,7-10H2,1-2H3,(H,32,36)(H2,31,33,34,35). The number of rotatable bonds is 7. The lowest BCUT2D eigenvalue weighted by Crippen LogP contribution is -2.26. The summed E-state index contributed by atoms with van der Waals surface area (Å²) in [6.45, 7) is 3.48. The van der Waals surface area contributed by atoms with Crippen LogP contribution >= 0.6 is 11.6 Å². The van der Waals surface area contributed by atoms with Crippen molar-refractivity contribution in [1.29, 1.82) is 0 Å². The second-order valence-electron chi connectivity index (χ2n) is 8.72. The highest BCUT2D eigenvalue weighted by Crippen LogP contribution is 2.36. The van der Waals surface area contributed by atoms with E-state index in [1.54, 1.807) is 31.6 Å². The van der Waals surface area contributed by atoms with Gasteiger partial charge >= 0.3 is 0 Å². The number of halogens is 1. The third kappa shape index (κ3) is 5.55. The Balaban J connectivity index is 1.42. The van der Waals surface area contributed by atoms with Crippen LogP contribution in [0.15, 0.2) is 48.9 Å². The molecule has 190 valence electrons. The Morgan fingerprint density at radius 1 is 1.05 bits per heavy atom. The molecule has 2 aromatic carbocycles. The monoisotopic (exact) mass is 518 g/mol. The Hall–Kier alpha value is -4.02. The molecule has 10 nitrogen and oxygen atoms in total. The van der Waals surface area contributed by atoms with Crippen molar-refractivity contribution in [2.75, 3.05) is 36.1 Å². The van der Waals surface area contributed by atoms with E-state index in [-0.39, 0.29) is 5.91 Å². The second-order valence-corrected chi connectivity index (χ2v) is 9.12. The number of amides is 1. The summed E-state index contributed by atoms with van der Waals surface area (Å²) in [6, 6.07) is 9.77. The molecule has 0 spiro atoms. The summed E-state index contributed by atoms with van der Waals surface area (Å²) >= 11 is 6.43. The summed E-state index contributed by atoms with van der Waals surface area (Å²) in [6.07, 6.45) is 6.88. The van der Waals surface area contributed by atoms with Gasteiger partial charge in [-0.25, -0.2) is 4.98 Å². The predicted octanol–water partition coefficient (Wildman–Crippen LogP) is 4.99. The topological polar surface area (TPSA) is 126 Å². The van der Waals surface area contributed by atoms with Crippen LogP contribution in [0.25, 0.3) is 11.0 Å². The Kier molecular flexibility index (Phi) is 7.29. The van der Waals surface area contributed by atoms with Crippen LogP contribution in [0.4, 0.5) is 28.8 Å². The Morgan fingerprint density at radius 2 is 1.84 bits per heavy atom. The number of nitrogens with zero attached hydrogens (tertiary/aromatic N) is 4. The second kappa shape index (κ2) is 10.9. The molecule has 0 aliphatic carbocycles. The zero-order valence-electron chi connectivity index (χ0n) is 20.5. The number of benzene rings is 2. The van der Waals surface area contributed by atoms with E-state index in [4.69, 9.17) is 16.3 Å². The van der Waals surface area contributed by atoms with E-state index in [2.05, 4.69) is 53.3 Å². The zero-order chi connectivity index (χ0) is 25.8. The predicted molar refractivity (Wildman–Crippen MR) is 145 cm³/mol. The molecule has 0 unspecified atom stereocenters. The number of anilines is 5. The van der Waals surface area contributed by atoms with Gasteiger partial charge in [-0.05, 0) is 61.7 Å². The maximum atomic E-state index is 11.9. The lowest BCUT2D eigenvalue weighted by Gasteiger charge is -2.24. The number of aromatic nitrogens is 4. The van der Waals surface area contributed by atoms with Gasteiger partial charge in [-0.1, -0.05) is 17.7 Å². The van der Waals surface area contributed by atoms with Crippen LogP contribution in [0.5, 0.6) is 5.75 Å². The number of carbonyl (C=O) groups is 1. The lowest BCUT2D eigenvalue weighted by atomic mass is 9.90. The van der Waals surface area contributed by atoms with Gasteiger partial charge in [0.1, 0.15) is 16.3 Å². The van der Waals surface area contributed by atoms with Crippen LogP contribution in [0.2, 0.25) is 5.02 Å². The molecule has 5 rings (SSSR count). The number of hydrogen-bond donors (Lipinski definition) is 4. The van der Waals surface area contributed by atoms with Gasteiger partial charge in [0, 0.05) is 19.3 Å². The van der Waals surface area contributed by atoms with Crippen molar-refractivity contribution in [2.45, 2.75) is 25.7 Å². The fraction of sp³-hybridized carbons (Fsp3) is 0.269. The molecule has 1 aliphatic rings. The fourth-order valence-electron chi connectivity index (χ4n) is 4.43. The van der Waals surface area contributed by atoms with Crippen molar-refractivity contribution < 1.29 is 9.53 Å².